The fourth-order valence-electron chi connectivity index (χ4n) is 2.76. The summed E-state index contributed by atoms with van der Waals surface area (Å²) in [7, 11) is 0. The molecule has 6 nitrogen and oxygen atoms in total. The van der Waals surface area contributed by atoms with Gasteiger partial charge in [-0.3, -0.25) is 9.59 Å². The molecule has 1 aliphatic carbocycles. The van der Waals surface area contributed by atoms with Gasteiger partial charge in [-0.15, -0.1) is 0 Å². The van der Waals surface area contributed by atoms with E-state index < -0.39 is 11.3 Å². The fourth-order valence-corrected chi connectivity index (χ4v) is 2.76. The number of ether oxygens (including phenoxy) is 1. The minimum atomic E-state index is -1.03. The first-order chi connectivity index (χ1) is 11.9. The number of primary amides is 1. The maximum atomic E-state index is 12.2. The van der Waals surface area contributed by atoms with Crippen molar-refractivity contribution in [3.05, 3.63) is 53.2 Å². The maximum Gasteiger partial charge on any atom is 0.235 e. The summed E-state index contributed by atoms with van der Waals surface area (Å²) >= 11 is 0. The van der Waals surface area contributed by atoms with Gasteiger partial charge in [0.1, 0.15) is 11.2 Å². The molecule has 3 N–H and O–H groups in total. The third-order valence-corrected chi connectivity index (χ3v) is 4.55. The number of nitrogens with one attached hydrogen (secondary N) is 1. The van der Waals surface area contributed by atoms with Crippen LogP contribution < -0.4 is 15.8 Å². The number of rotatable bonds is 6. The Labute approximate surface area is 146 Å². The smallest absolute Gasteiger partial charge is 0.235 e. The zero-order valence-electron chi connectivity index (χ0n) is 14.3. The topological polar surface area (TPSA) is 94.3 Å². The molecule has 0 aliphatic heterocycles. The van der Waals surface area contributed by atoms with Crippen molar-refractivity contribution in [2.75, 3.05) is 0 Å². The number of aryl methyl sites for hydroxylation is 2. The summed E-state index contributed by atoms with van der Waals surface area (Å²) in [5, 5.41) is 2.78. The molecule has 1 fully saturated rings. The number of nitrogens with zero attached hydrogens (tertiary/aromatic N) is 1. The summed E-state index contributed by atoms with van der Waals surface area (Å²) in [4.78, 5) is 28.0. The molecule has 1 aromatic carbocycles. The Bertz CT molecular complexity index is 808. The lowest BCUT2D eigenvalue weighted by Gasteiger charge is -2.15. The van der Waals surface area contributed by atoms with Crippen LogP contribution in [-0.4, -0.2) is 16.8 Å². The molecular formula is C19H21N3O3. The van der Waals surface area contributed by atoms with E-state index in [1.165, 1.54) is 0 Å². The van der Waals surface area contributed by atoms with Crippen LogP contribution in [0.3, 0.4) is 0 Å². The van der Waals surface area contributed by atoms with Crippen molar-refractivity contribution in [1.29, 1.82) is 0 Å². The number of amides is 2. The molecule has 2 aromatic rings. The Hall–Kier alpha value is -2.89. The zero-order valence-corrected chi connectivity index (χ0v) is 14.3. The summed E-state index contributed by atoms with van der Waals surface area (Å²) in [6.45, 7) is 4.16. The van der Waals surface area contributed by atoms with E-state index in [1.54, 1.807) is 12.3 Å². The van der Waals surface area contributed by atoms with E-state index in [2.05, 4.69) is 10.3 Å². The van der Waals surface area contributed by atoms with Crippen LogP contribution >= 0.6 is 0 Å². The van der Waals surface area contributed by atoms with E-state index in [0.717, 1.165) is 22.4 Å². The summed E-state index contributed by atoms with van der Waals surface area (Å²) in [5.41, 5.74) is 7.05. The average molecular weight is 339 g/mol. The first-order valence-electron chi connectivity index (χ1n) is 8.20. The molecule has 0 unspecified atom stereocenters. The highest BCUT2D eigenvalue weighted by Gasteiger charge is 2.55. The summed E-state index contributed by atoms with van der Waals surface area (Å²) in [6, 6.07) is 9.52. The van der Waals surface area contributed by atoms with Crippen LogP contribution in [0.1, 0.15) is 29.5 Å². The third kappa shape index (κ3) is 3.33. The number of para-hydroxylation sites is 1. The summed E-state index contributed by atoms with van der Waals surface area (Å²) in [5.74, 6) is 0.291. The number of nitrogens with two attached hydrogens (primary N) is 1. The number of pyridine rings is 1. The van der Waals surface area contributed by atoms with Gasteiger partial charge in [0, 0.05) is 18.3 Å². The second kappa shape index (κ2) is 6.55. The Morgan fingerprint density at radius 3 is 2.48 bits per heavy atom. The van der Waals surface area contributed by atoms with Crippen molar-refractivity contribution in [1.82, 2.24) is 10.3 Å². The van der Waals surface area contributed by atoms with Gasteiger partial charge >= 0.3 is 0 Å². The molecule has 0 atom stereocenters. The van der Waals surface area contributed by atoms with Crippen molar-refractivity contribution >= 4 is 11.8 Å². The van der Waals surface area contributed by atoms with Gasteiger partial charge in [0.25, 0.3) is 0 Å². The normalized spacial score (nSPS) is 14.6. The molecule has 1 heterocycles. The van der Waals surface area contributed by atoms with E-state index in [0.29, 0.717) is 18.7 Å². The summed E-state index contributed by atoms with van der Waals surface area (Å²) in [6.07, 6.45) is 2.65. The SMILES string of the molecule is Cc1cccc(C)c1Oc1ncccc1CNC(=O)C1(C(N)=O)CC1. The first kappa shape index (κ1) is 17.0. The standard InChI is InChI=1S/C19H21N3O3/c1-12-5-3-6-13(2)15(12)25-16-14(7-4-10-21-16)11-22-18(24)19(8-9-19)17(20)23/h3-7,10H,8-9,11H2,1-2H3,(H2,20,23)(H,22,24). The molecule has 1 aliphatic rings. The van der Waals surface area contributed by atoms with Crippen molar-refractivity contribution in [2.24, 2.45) is 11.1 Å². The molecule has 0 bridgehead atoms. The molecule has 2 amide bonds. The van der Waals surface area contributed by atoms with E-state index >= 15 is 0 Å². The van der Waals surface area contributed by atoms with E-state index in [-0.39, 0.29) is 12.5 Å². The van der Waals surface area contributed by atoms with Gasteiger partial charge in [0.05, 0.1) is 0 Å². The minimum absolute atomic E-state index is 0.224. The van der Waals surface area contributed by atoms with Gasteiger partial charge in [0.15, 0.2) is 0 Å². The Morgan fingerprint density at radius 1 is 1.20 bits per heavy atom. The van der Waals surface area contributed by atoms with Gasteiger partial charge in [0.2, 0.25) is 17.7 Å². The Morgan fingerprint density at radius 2 is 1.88 bits per heavy atom. The Balaban J connectivity index is 1.76. The fraction of sp³-hybridized carbons (Fsp3) is 0.316. The van der Waals surface area contributed by atoms with E-state index in [1.807, 2.05) is 38.1 Å². The van der Waals surface area contributed by atoms with Gasteiger partial charge in [-0.2, -0.15) is 0 Å². The lowest BCUT2D eigenvalue weighted by Crippen LogP contribution is -2.40. The number of hydrogen-bond donors (Lipinski definition) is 2. The second-order valence-electron chi connectivity index (χ2n) is 6.42. The molecule has 1 aromatic heterocycles. The largest absolute Gasteiger partial charge is 0.438 e. The van der Waals surface area contributed by atoms with E-state index in [4.69, 9.17) is 10.5 Å². The van der Waals surface area contributed by atoms with Crippen molar-refractivity contribution in [2.45, 2.75) is 33.2 Å². The van der Waals surface area contributed by atoms with E-state index in [9.17, 15) is 9.59 Å². The van der Waals surface area contributed by atoms with Crippen LogP contribution in [-0.2, 0) is 16.1 Å². The van der Waals surface area contributed by atoms with Gasteiger partial charge in [-0.25, -0.2) is 4.98 Å². The molecule has 130 valence electrons. The number of benzene rings is 1. The predicted molar refractivity (Wildman–Crippen MR) is 92.9 cm³/mol. The number of aromatic nitrogens is 1. The average Bonchev–Trinajstić information content (AvgIpc) is 3.39. The van der Waals surface area contributed by atoms with Crippen LogP contribution in [0.2, 0.25) is 0 Å². The molecule has 6 heteroatoms. The van der Waals surface area contributed by atoms with Crippen molar-refractivity contribution in [3.8, 4) is 11.6 Å². The molecular weight excluding hydrogens is 318 g/mol. The van der Waals surface area contributed by atoms with Crippen LogP contribution in [0.4, 0.5) is 0 Å². The molecule has 3 rings (SSSR count). The van der Waals surface area contributed by atoms with Crippen molar-refractivity contribution in [3.63, 3.8) is 0 Å². The third-order valence-electron chi connectivity index (χ3n) is 4.55. The lowest BCUT2D eigenvalue weighted by atomic mass is 10.1. The van der Waals surface area contributed by atoms with Gasteiger partial charge < -0.3 is 15.8 Å². The monoisotopic (exact) mass is 339 g/mol. The minimum Gasteiger partial charge on any atom is -0.438 e. The van der Waals surface area contributed by atoms with Crippen LogP contribution in [0, 0.1) is 19.3 Å². The first-order valence-corrected chi connectivity index (χ1v) is 8.20. The highest BCUT2D eigenvalue weighted by molar-refractivity contribution is 6.07. The predicted octanol–water partition coefficient (Wildman–Crippen LogP) is 2.37. The highest BCUT2D eigenvalue weighted by Crippen LogP contribution is 2.45. The molecule has 1 saturated carbocycles. The summed E-state index contributed by atoms with van der Waals surface area (Å²) < 4.78 is 6.00. The van der Waals surface area contributed by atoms with Crippen LogP contribution in [0.5, 0.6) is 11.6 Å². The molecule has 0 saturated heterocycles. The number of carbonyl (C=O) groups excluding carboxylic acids is 2. The van der Waals surface area contributed by atoms with Gasteiger partial charge in [-0.05, 0) is 43.9 Å². The molecule has 25 heavy (non-hydrogen) atoms. The Kier molecular flexibility index (Phi) is 4.44. The highest BCUT2D eigenvalue weighted by atomic mass is 16.5. The van der Waals surface area contributed by atoms with Crippen LogP contribution in [0.15, 0.2) is 36.5 Å². The van der Waals surface area contributed by atoms with Gasteiger partial charge in [-0.1, -0.05) is 24.3 Å². The maximum absolute atomic E-state index is 12.2. The quantitative estimate of drug-likeness (QED) is 0.790. The molecule has 0 spiro atoms. The zero-order chi connectivity index (χ0) is 18.0. The number of carbonyl (C=O) groups is 2. The van der Waals surface area contributed by atoms with Crippen molar-refractivity contribution < 1.29 is 14.3 Å². The van der Waals surface area contributed by atoms with Crippen LogP contribution in [0.25, 0.3) is 0 Å². The number of hydrogen-bond acceptors (Lipinski definition) is 4. The molecule has 0 radical (unpaired) electrons. The lowest BCUT2D eigenvalue weighted by molar-refractivity contribution is -0.135. The second-order valence-corrected chi connectivity index (χ2v) is 6.42.